The summed E-state index contributed by atoms with van der Waals surface area (Å²) in [5, 5.41) is 4.35. The Morgan fingerprint density at radius 2 is 2.10 bits per heavy atom. The highest BCUT2D eigenvalue weighted by Gasteiger charge is 2.09. The first-order valence-corrected chi connectivity index (χ1v) is 7.03. The SMILES string of the molecule is c1cnc2ncnc(NCCCN3CCOCC3)c2c1. The fraction of sp³-hybridized carbons (Fsp3) is 0.500. The van der Waals surface area contributed by atoms with Crippen LogP contribution in [0.15, 0.2) is 24.7 Å². The van der Waals surface area contributed by atoms with E-state index in [9.17, 15) is 0 Å². The Kier molecular flexibility index (Phi) is 4.35. The van der Waals surface area contributed by atoms with Crippen LogP contribution in [0, 0.1) is 0 Å². The van der Waals surface area contributed by atoms with Crippen LogP contribution in [-0.2, 0) is 4.74 Å². The molecule has 1 N–H and O–H groups in total. The van der Waals surface area contributed by atoms with Gasteiger partial charge in [0.25, 0.3) is 0 Å². The topological polar surface area (TPSA) is 63.2 Å². The van der Waals surface area contributed by atoms with E-state index >= 15 is 0 Å². The first-order chi connectivity index (χ1) is 9.93. The highest BCUT2D eigenvalue weighted by Crippen LogP contribution is 2.16. The minimum absolute atomic E-state index is 0.734. The van der Waals surface area contributed by atoms with Gasteiger partial charge in [0, 0.05) is 25.8 Å². The van der Waals surface area contributed by atoms with Crippen molar-refractivity contribution in [3.63, 3.8) is 0 Å². The van der Waals surface area contributed by atoms with E-state index in [2.05, 4.69) is 25.2 Å². The molecule has 2 aromatic heterocycles. The number of aromatic nitrogens is 3. The van der Waals surface area contributed by atoms with Crippen LogP contribution in [0.4, 0.5) is 5.82 Å². The zero-order valence-corrected chi connectivity index (χ0v) is 11.5. The molecule has 20 heavy (non-hydrogen) atoms. The highest BCUT2D eigenvalue weighted by molar-refractivity contribution is 5.85. The van der Waals surface area contributed by atoms with Gasteiger partial charge in [-0.25, -0.2) is 15.0 Å². The average molecular weight is 273 g/mol. The van der Waals surface area contributed by atoms with Gasteiger partial charge in [-0.15, -0.1) is 0 Å². The van der Waals surface area contributed by atoms with Crippen LogP contribution < -0.4 is 5.32 Å². The van der Waals surface area contributed by atoms with Gasteiger partial charge in [-0.1, -0.05) is 0 Å². The first kappa shape index (κ1) is 13.2. The maximum absolute atomic E-state index is 5.34. The number of hydrogen-bond donors (Lipinski definition) is 1. The fourth-order valence-corrected chi connectivity index (χ4v) is 2.37. The number of morpholine rings is 1. The zero-order valence-electron chi connectivity index (χ0n) is 11.5. The van der Waals surface area contributed by atoms with Crippen molar-refractivity contribution in [2.24, 2.45) is 0 Å². The van der Waals surface area contributed by atoms with E-state index in [1.807, 2.05) is 12.1 Å². The number of hydrogen-bond acceptors (Lipinski definition) is 6. The third-order valence-electron chi connectivity index (χ3n) is 3.46. The number of anilines is 1. The third kappa shape index (κ3) is 3.20. The Hall–Kier alpha value is -1.79. The van der Waals surface area contributed by atoms with Gasteiger partial charge in [0.05, 0.1) is 18.6 Å². The van der Waals surface area contributed by atoms with Crippen molar-refractivity contribution < 1.29 is 4.74 Å². The van der Waals surface area contributed by atoms with Crippen molar-refractivity contribution in [2.45, 2.75) is 6.42 Å². The molecule has 0 radical (unpaired) electrons. The molecule has 6 heteroatoms. The van der Waals surface area contributed by atoms with Crippen molar-refractivity contribution in [3.05, 3.63) is 24.7 Å². The molecular formula is C14H19N5O. The summed E-state index contributed by atoms with van der Waals surface area (Å²) in [5.74, 6) is 0.866. The van der Waals surface area contributed by atoms with Crippen LogP contribution in [0.3, 0.4) is 0 Å². The minimum Gasteiger partial charge on any atom is -0.379 e. The van der Waals surface area contributed by atoms with Crippen LogP contribution in [-0.4, -0.2) is 59.2 Å². The summed E-state index contributed by atoms with van der Waals surface area (Å²) in [6.45, 7) is 5.79. The minimum atomic E-state index is 0.734. The fourth-order valence-electron chi connectivity index (χ4n) is 2.37. The predicted molar refractivity (Wildman–Crippen MR) is 77.7 cm³/mol. The van der Waals surface area contributed by atoms with E-state index in [1.54, 1.807) is 12.5 Å². The van der Waals surface area contributed by atoms with Crippen LogP contribution >= 0.6 is 0 Å². The lowest BCUT2D eigenvalue weighted by molar-refractivity contribution is 0.0378. The second-order valence-corrected chi connectivity index (χ2v) is 4.83. The van der Waals surface area contributed by atoms with E-state index in [4.69, 9.17) is 4.74 Å². The van der Waals surface area contributed by atoms with E-state index in [1.165, 1.54) is 0 Å². The second kappa shape index (κ2) is 6.58. The molecule has 3 rings (SSSR count). The number of fused-ring (bicyclic) bond motifs is 1. The summed E-state index contributed by atoms with van der Waals surface area (Å²) in [5.41, 5.74) is 0.734. The molecule has 2 aromatic rings. The Labute approximate surface area is 118 Å². The van der Waals surface area contributed by atoms with E-state index in [0.717, 1.165) is 62.7 Å². The normalized spacial score (nSPS) is 16.4. The molecule has 0 atom stereocenters. The Bertz CT molecular complexity index is 551. The molecule has 1 aliphatic rings. The molecule has 1 fully saturated rings. The largest absolute Gasteiger partial charge is 0.379 e. The van der Waals surface area contributed by atoms with Crippen LogP contribution in [0.25, 0.3) is 11.0 Å². The summed E-state index contributed by atoms with van der Waals surface area (Å²) in [7, 11) is 0. The number of rotatable bonds is 5. The third-order valence-corrected chi connectivity index (χ3v) is 3.46. The molecule has 0 aliphatic carbocycles. The van der Waals surface area contributed by atoms with Crippen molar-refractivity contribution >= 4 is 16.9 Å². The van der Waals surface area contributed by atoms with Crippen molar-refractivity contribution in [1.82, 2.24) is 19.9 Å². The molecule has 0 amide bonds. The molecule has 0 unspecified atom stereocenters. The van der Waals surface area contributed by atoms with Gasteiger partial charge in [0.15, 0.2) is 5.65 Å². The molecule has 3 heterocycles. The molecular weight excluding hydrogens is 254 g/mol. The summed E-state index contributed by atoms with van der Waals surface area (Å²) in [4.78, 5) is 15.1. The lowest BCUT2D eigenvalue weighted by Crippen LogP contribution is -2.37. The number of ether oxygens (including phenoxy) is 1. The van der Waals surface area contributed by atoms with Crippen molar-refractivity contribution in [1.29, 1.82) is 0 Å². The average Bonchev–Trinajstić information content (AvgIpc) is 2.53. The Morgan fingerprint density at radius 1 is 1.20 bits per heavy atom. The van der Waals surface area contributed by atoms with E-state index < -0.39 is 0 Å². The molecule has 0 bridgehead atoms. The Balaban J connectivity index is 1.52. The predicted octanol–water partition coefficient (Wildman–Crippen LogP) is 1.16. The smallest absolute Gasteiger partial charge is 0.164 e. The zero-order chi connectivity index (χ0) is 13.6. The first-order valence-electron chi connectivity index (χ1n) is 7.03. The number of nitrogens with one attached hydrogen (secondary N) is 1. The maximum atomic E-state index is 5.34. The lowest BCUT2D eigenvalue weighted by Gasteiger charge is -2.26. The van der Waals surface area contributed by atoms with E-state index in [-0.39, 0.29) is 0 Å². The van der Waals surface area contributed by atoms with Gasteiger partial charge in [-0.2, -0.15) is 0 Å². The quantitative estimate of drug-likeness (QED) is 0.825. The van der Waals surface area contributed by atoms with Crippen molar-refractivity contribution in [3.8, 4) is 0 Å². The summed E-state index contributed by atoms with van der Waals surface area (Å²) in [6, 6.07) is 3.90. The molecule has 0 spiro atoms. The molecule has 0 aromatic carbocycles. The molecule has 6 nitrogen and oxygen atoms in total. The highest BCUT2D eigenvalue weighted by atomic mass is 16.5. The van der Waals surface area contributed by atoms with Crippen LogP contribution in [0.1, 0.15) is 6.42 Å². The van der Waals surface area contributed by atoms with E-state index in [0.29, 0.717) is 0 Å². The van der Waals surface area contributed by atoms with Gasteiger partial charge in [-0.05, 0) is 25.1 Å². The van der Waals surface area contributed by atoms with Gasteiger partial charge in [-0.3, -0.25) is 4.90 Å². The summed E-state index contributed by atoms with van der Waals surface area (Å²) < 4.78 is 5.34. The lowest BCUT2D eigenvalue weighted by atomic mass is 10.3. The second-order valence-electron chi connectivity index (χ2n) is 4.83. The van der Waals surface area contributed by atoms with Gasteiger partial charge in [0.2, 0.25) is 0 Å². The molecule has 1 aliphatic heterocycles. The monoisotopic (exact) mass is 273 g/mol. The number of nitrogens with zero attached hydrogens (tertiary/aromatic N) is 4. The molecule has 106 valence electrons. The molecule has 0 saturated carbocycles. The van der Waals surface area contributed by atoms with Crippen molar-refractivity contribution in [2.75, 3.05) is 44.7 Å². The standard InChI is InChI=1S/C14H19N5O/c1-3-12-13(15-4-1)17-11-18-14(12)16-5-2-6-19-7-9-20-10-8-19/h1,3-4,11H,2,5-10H2,(H,15,16,17,18). The number of pyridine rings is 1. The molecule has 1 saturated heterocycles. The summed E-state index contributed by atoms with van der Waals surface area (Å²) >= 11 is 0. The van der Waals surface area contributed by atoms with Crippen LogP contribution in [0.2, 0.25) is 0 Å². The van der Waals surface area contributed by atoms with Gasteiger partial charge >= 0.3 is 0 Å². The van der Waals surface area contributed by atoms with Gasteiger partial charge < -0.3 is 10.1 Å². The summed E-state index contributed by atoms with van der Waals surface area (Å²) in [6.07, 6.45) is 4.39. The Morgan fingerprint density at radius 3 is 3.00 bits per heavy atom. The van der Waals surface area contributed by atoms with Gasteiger partial charge in [0.1, 0.15) is 12.1 Å². The maximum Gasteiger partial charge on any atom is 0.164 e. The van der Waals surface area contributed by atoms with Crippen LogP contribution in [0.5, 0.6) is 0 Å².